The Kier molecular flexibility index (Phi) is 7.38. The summed E-state index contributed by atoms with van der Waals surface area (Å²) in [6.07, 6.45) is 1.75. The van der Waals surface area contributed by atoms with E-state index in [4.69, 9.17) is 16.3 Å². The van der Waals surface area contributed by atoms with Crippen molar-refractivity contribution in [2.45, 2.75) is 6.61 Å². The summed E-state index contributed by atoms with van der Waals surface area (Å²) < 4.78 is 8.09. The minimum atomic E-state index is -0.344. The molecule has 4 aromatic rings. The molecule has 4 aromatic carbocycles. The summed E-state index contributed by atoms with van der Waals surface area (Å²) in [6, 6.07) is 25.0. The number of thioether (sulfide) groups is 1. The van der Waals surface area contributed by atoms with Crippen molar-refractivity contribution in [3.8, 4) is 5.75 Å². The molecule has 1 aliphatic heterocycles. The van der Waals surface area contributed by atoms with Gasteiger partial charge >= 0.3 is 0 Å². The quantitative estimate of drug-likeness (QED) is 0.153. The lowest BCUT2D eigenvalue weighted by molar-refractivity contribution is -0.113. The number of hydrogen-bond donors (Lipinski definition) is 0. The summed E-state index contributed by atoms with van der Waals surface area (Å²) in [5, 5.41) is 2.57. The van der Waals surface area contributed by atoms with Gasteiger partial charge in [0.1, 0.15) is 12.4 Å². The molecule has 0 atom stereocenters. The van der Waals surface area contributed by atoms with E-state index in [0.717, 1.165) is 35.8 Å². The fourth-order valence-corrected chi connectivity index (χ4v) is 6.90. The van der Waals surface area contributed by atoms with Crippen LogP contribution in [0.1, 0.15) is 11.1 Å². The van der Waals surface area contributed by atoms with Crippen LogP contribution in [-0.2, 0) is 11.4 Å². The topological polar surface area (TPSA) is 46.6 Å². The first kappa shape index (κ1) is 24.6. The van der Waals surface area contributed by atoms with Crippen LogP contribution in [0, 0.1) is 7.14 Å². The van der Waals surface area contributed by atoms with Crippen LogP contribution >= 0.6 is 68.5 Å². The van der Waals surface area contributed by atoms with E-state index in [1.165, 1.54) is 15.7 Å². The highest BCUT2D eigenvalue weighted by Gasteiger charge is 2.36. The van der Waals surface area contributed by atoms with Crippen molar-refractivity contribution in [2.75, 3.05) is 4.90 Å². The minimum absolute atomic E-state index is 0.331. The molecule has 1 heterocycles. The van der Waals surface area contributed by atoms with Gasteiger partial charge in [0.2, 0.25) is 0 Å². The largest absolute Gasteiger partial charge is 0.487 e. The van der Waals surface area contributed by atoms with Crippen LogP contribution in [0.25, 0.3) is 16.8 Å². The van der Waals surface area contributed by atoms with Crippen molar-refractivity contribution in [2.24, 2.45) is 0 Å². The monoisotopic (exact) mass is 723 g/mol. The summed E-state index contributed by atoms with van der Waals surface area (Å²) >= 11 is 11.4. The summed E-state index contributed by atoms with van der Waals surface area (Å²) in [7, 11) is 0. The van der Waals surface area contributed by atoms with Gasteiger partial charge in [-0.15, -0.1) is 0 Å². The Morgan fingerprint density at radius 2 is 1.60 bits per heavy atom. The number of halogens is 3. The van der Waals surface area contributed by atoms with Gasteiger partial charge in [0.25, 0.3) is 11.1 Å². The third-order valence-corrected chi connectivity index (χ3v) is 8.17. The van der Waals surface area contributed by atoms with E-state index < -0.39 is 0 Å². The molecule has 8 heteroatoms. The highest BCUT2D eigenvalue weighted by atomic mass is 127. The van der Waals surface area contributed by atoms with Crippen molar-refractivity contribution < 1.29 is 14.3 Å². The number of fused-ring (bicyclic) bond motifs is 1. The van der Waals surface area contributed by atoms with Gasteiger partial charge in [0.15, 0.2) is 0 Å². The summed E-state index contributed by atoms with van der Waals surface area (Å²) in [4.78, 5) is 27.1. The number of hydrogen-bond acceptors (Lipinski definition) is 4. The predicted octanol–water partition coefficient (Wildman–Crippen LogP) is 8.52. The molecule has 0 aromatic heterocycles. The number of carbonyl (C=O) groups excluding carboxylic acids is 2. The zero-order valence-electron chi connectivity index (χ0n) is 18.0. The summed E-state index contributed by atoms with van der Waals surface area (Å²) in [5.74, 6) is 0.453. The molecule has 0 aliphatic carbocycles. The van der Waals surface area contributed by atoms with Crippen LogP contribution in [0.15, 0.2) is 83.8 Å². The van der Waals surface area contributed by atoms with Gasteiger partial charge in [-0.25, -0.2) is 4.90 Å². The Morgan fingerprint density at radius 3 is 2.34 bits per heavy atom. The van der Waals surface area contributed by atoms with Crippen LogP contribution in [0.3, 0.4) is 0 Å². The molecule has 0 bridgehead atoms. The Hall–Kier alpha value is -2.08. The van der Waals surface area contributed by atoms with Crippen LogP contribution in [0.2, 0.25) is 5.02 Å². The highest BCUT2D eigenvalue weighted by molar-refractivity contribution is 14.1. The zero-order chi connectivity index (χ0) is 24.5. The first-order chi connectivity index (χ1) is 16.9. The lowest BCUT2D eigenvalue weighted by Gasteiger charge is -2.13. The van der Waals surface area contributed by atoms with E-state index in [-0.39, 0.29) is 11.1 Å². The van der Waals surface area contributed by atoms with Gasteiger partial charge < -0.3 is 4.74 Å². The van der Waals surface area contributed by atoms with Gasteiger partial charge in [0, 0.05) is 5.02 Å². The van der Waals surface area contributed by atoms with Gasteiger partial charge in [-0.3, -0.25) is 9.59 Å². The molecule has 1 aliphatic rings. The smallest absolute Gasteiger partial charge is 0.298 e. The lowest BCUT2D eigenvalue weighted by Crippen LogP contribution is -2.27. The molecule has 0 spiro atoms. The molecule has 5 rings (SSSR count). The number of nitrogens with zero attached hydrogens (tertiary/aromatic N) is 1. The molecule has 4 nitrogen and oxygen atoms in total. The number of amides is 2. The van der Waals surface area contributed by atoms with Crippen molar-refractivity contribution in [1.82, 2.24) is 0 Å². The number of benzene rings is 4. The van der Waals surface area contributed by atoms with Gasteiger partial charge in [-0.1, -0.05) is 54.1 Å². The van der Waals surface area contributed by atoms with E-state index in [0.29, 0.717) is 22.2 Å². The average molecular weight is 724 g/mol. The van der Waals surface area contributed by atoms with E-state index in [1.54, 1.807) is 30.3 Å². The first-order valence-electron chi connectivity index (χ1n) is 10.5. The zero-order valence-corrected chi connectivity index (χ0v) is 23.9. The maximum absolute atomic E-state index is 13.0. The fourth-order valence-electron chi connectivity index (χ4n) is 3.80. The van der Waals surface area contributed by atoms with E-state index in [9.17, 15) is 9.59 Å². The molecule has 0 saturated carbocycles. The van der Waals surface area contributed by atoms with E-state index >= 15 is 0 Å². The molecule has 0 N–H and O–H groups in total. The second-order valence-corrected chi connectivity index (χ2v) is 11.5. The first-order valence-corrected chi connectivity index (χ1v) is 13.9. The molecule has 0 radical (unpaired) electrons. The number of imide groups is 1. The van der Waals surface area contributed by atoms with E-state index in [1.807, 2.05) is 30.3 Å². The Labute approximate surface area is 239 Å². The number of rotatable bonds is 5. The third kappa shape index (κ3) is 5.23. The van der Waals surface area contributed by atoms with Crippen molar-refractivity contribution >= 4 is 102 Å². The molecule has 35 heavy (non-hydrogen) atoms. The second-order valence-electron chi connectivity index (χ2n) is 7.73. The number of ether oxygens (including phenoxy) is 1. The van der Waals surface area contributed by atoms with E-state index in [2.05, 4.69) is 69.4 Å². The van der Waals surface area contributed by atoms with Crippen molar-refractivity contribution in [3.05, 3.63) is 107 Å². The van der Waals surface area contributed by atoms with Crippen LogP contribution in [0.5, 0.6) is 5.75 Å². The summed E-state index contributed by atoms with van der Waals surface area (Å²) in [5.41, 5.74) is 2.45. The van der Waals surface area contributed by atoms with Crippen LogP contribution < -0.4 is 9.64 Å². The maximum Gasteiger partial charge on any atom is 0.298 e. The molecule has 1 saturated heterocycles. The Bertz CT molecular complexity index is 1480. The molecule has 2 amide bonds. The number of anilines is 1. The molecule has 174 valence electrons. The Balaban J connectivity index is 1.37. The molecule has 1 fully saturated rings. The van der Waals surface area contributed by atoms with Crippen molar-refractivity contribution in [1.29, 1.82) is 0 Å². The SMILES string of the molecule is O=C1S/C(=C/c2cc(I)c(OCc3cccc4ccccc34)c(I)c2)C(=O)N1c1ccc(Cl)cc1. The second kappa shape index (κ2) is 10.5. The van der Waals surface area contributed by atoms with Crippen LogP contribution in [0.4, 0.5) is 10.5 Å². The lowest BCUT2D eigenvalue weighted by atomic mass is 10.1. The predicted molar refractivity (Wildman–Crippen MR) is 160 cm³/mol. The third-order valence-electron chi connectivity index (χ3n) is 5.45. The molecular formula is C27H16ClI2NO3S. The van der Waals surface area contributed by atoms with Crippen molar-refractivity contribution in [3.63, 3.8) is 0 Å². The fraction of sp³-hybridized carbons (Fsp3) is 0.0370. The summed E-state index contributed by atoms with van der Waals surface area (Å²) in [6.45, 7) is 0.451. The number of carbonyl (C=O) groups is 2. The standard InChI is InChI=1S/C27H16ClI2NO3S/c28-19-8-10-20(11-9-19)31-26(32)24(35-27(31)33)14-16-12-22(29)25(23(30)13-16)34-15-18-6-3-5-17-4-1-2-7-21(17)18/h1-14H,15H2/b24-14+. The van der Waals surface area contributed by atoms with Gasteiger partial charge in [-0.05, 0) is 121 Å². The molecular weight excluding hydrogens is 708 g/mol. The van der Waals surface area contributed by atoms with Crippen LogP contribution in [-0.4, -0.2) is 11.1 Å². The van der Waals surface area contributed by atoms with Gasteiger partial charge in [0.05, 0.1) is 17.7 Å². The van der Waals surface area contributed by atoms with Gasteiger partial charge in [-0.2, -0.15) is 0 Å². The molecule has 0 unspecified atom stereocenters. The normalized spacial score (nSPS) is 14.8. The Morgan fingerprint density at radius 1 is 0.914 bits per heavy atom. The maximum atomic E-state index is 13.0. The highest BCUT2D eigenvalue weighted by Crippen LogP contribution is 2.37. The average Bonchev–Trinajstić information content (AvgIpc) is 3.11. The minimum Gasteiger partial charge on any atom is -0.487 e.